The third kappa shape index (κ3) is 1.21. The number of rotatable bonds is 1. The Hall–Kier alpha value is -1.84. The molecule has 0 aromatic carbocycles. The molecule has 0 spiro atoms. The molecule has 0 unspecified atom stereocenters. The van der Waals surface area contributed by atoms with E-state index in [4.69, 9.17) is 5.73 Å². The number of nitrogens with two attached hydrogens (primary N) is 1. The quantitative estimate of drug-likeness (QED) is 0.759. The SMILES string of the molecule is Cc1nn2cccnc2c1C(N)=C1CC1. The number of aromatic nitrogens is 3. The van der Waals surface area contributed by atoms with Crippen LogP contribution in [0.15, 0.2) is 24.0 Å². The molecule has 0 radical (unpaired) electrons. The summed E-state index contributed by atoms with van der Waals surface area (Å²) in [6, 6.07) is 1.86. The molecule has 0 bridgehead atoms. The van der Waals surface area contributed by atoms with Gasteiger partial charge in [0.25, 0.3) is 0 Å². The van der Waals surface area contributed by atoms with Gasteiger partial charge in [0.15, 0.2) is 5.65 Å². The standard InChI is InChI=1S/C11H12N4/c1-7-9(10(12)8-3-4-8)11-13-5-2-6-15(11)14-7/h2,5-6H,3-4,12H2,1H3. The molecule has 1 aliphatic rings. The van der Waals surface area contributed by atoms with Crippen molar-refractivity contribution in [1.29, 1.82) is 0 Å². The topological polar surface area (TPSA) is 56.2 Å². The van der Waals surface area contributed by atoms with E-state index >= 15 is 0 Å². The lowest BCUT2D eigenvalue weighted by atomic mass is 10.2. The zero-order valence-corrected chi connectivity index (χ0v) is 8.57. The van der Waals surface area contributed by atoms with Crippen LogP contribution in [0.5, 0.6) is 0 Å². The first-order valence-electron chi connectivity index (χ1n) is 5.05. The van der Waals surface area contributed by atoms with Gasteiger partial charge in [0, 0.05) is 18.1 Å². The molecule has 0 amide bonds. The van der Waals surface area contributed by atoms with E-state index < -0.39 is 0 Å². The van der Waals surface area contributed by atoms with E-state index in [-0.39, 0.29) is 0 Å². The summed E-state index contributed by atoms with van der Waals surface area (Å²) in [7, 11) is 0. The Bertz CT molecular complexity index is 559. The second-order valence-corrected chi connectivity index (χ2v) is 3.87. The van der Waals surface area contributed by atoms with E-state index in [9.17, 15) is 0 Å². The van der Waals surface area contributed by atoms with Crippen molar-refractivity contribution in [2.75, 3.05) is 0 Å². The summed E-state index contributed by atoms with van der Waals surface area (Å²) in [5.74, 6) is 0. The molecule has 4 heteroatoms. The molecule has 1 fully saturated rings. The summed E-state index contributed by atoms with van der Waals surface area (Å²) in [6.07, 6.45) is 5.90. The van der Waals surface area contributed by atoms with Gasteiger partial charge in [0.2, 0.25) is 0 Å². The van der Waals surface area contributed by atoms with E-state index in [0.717, 1.165) is 35.4 Å². The van der Waals surface area contributed by atoms with Crippen LogP contribution in [0.25, 0.3) is 11.3 Å². The van der Waals surface area contributed by atoms with E-state index in [1.54, 1.807) is 10.7 Å². The highest BCUT2D eigenvalue weighted by atomic mass is 15.2. The Morgan fingerprint density at radius 2 is 2.27 bits per heavy atom. The lowest BCUT2D eigenvalue weighted by Gasteiger charge is -1.98. The molecule has 15 heavy (non-hydrogen) atoms. The molecule has 0 atom stereocenters. The molecule has 1 aliphatic carbocycles. The maximum atomic E-state index is 6.10. The molecular formula is C11H12N4. The fourth-order valence-electron chi connectivity index (χ4n) is 1.82. The van der Waals surface area contributed by atoms with Crippen molar-refractivity contribution in [2.45, 2.75) is 19.8 Å². The molecule has 0 aliphatic heterocycles. The number of aryl methyl sites for hydroxylation is 1. The second-order valence-electron chi connectivity index (χ2n) is 3.87. The predicted molar refractivity (Wildman–Crippen MR) is 58.1 cm³/mol. The Balaban J connectivity index is 2.33. The molecule has 76 valence electrons. The van der Waals surface area contributed by atoms with Crippen molar-refractivity contribution in [2.24, 2.45) is 5.73 Å². The van der Waals surface area contributed by atoms with Gasteiger partial charge >= 0.3 is 0 Å². The number of allylic oxidation sites excluding steroid dienone is 1. The van der Waals surface area contributed by atoms with Gasteiger partial charge in [-0.1, -0.05) is 0 Å². The Labute approximate surface area is 87.4 Å². The van der Waals surface area contributed by atoms with E-state index in [1.165, 1.54) is 5.57 Å². The minimum Gasteiger partial charge on any atom is -0.398 e. The zero-order valence-electron chi connectivity index (χ0n) is 8.57. The Kier molecular flexibility index (Phi) is 1.59. The van der Waals surface area contributed by atoms with Crippen molar-refractivity contribution in [3.63, 3.8) is 0 Å². The highest BCUT2D eigenvalue weighted by molar-refractivity contribution is 5.79. The summed E-state index contributed by atoms with van der Waals surface area (Å²) in [5, 5.41) is 4.38. The number of nitrogens with zero attached hydrogens (tertiary/aromatic N) is 3. The summed E-state index contributed by atoms with van der Waals surface area (Å²) in [6.45, 7) is 1.97. The van der Waals surface area contributed by atoms with Crippen LogP contribution in [-0.4, -0.2) is 14.6 Å². The molecule has 2 aromatic heterocycles. The van der Waals surface area contributed by atoms with E-state index in [0.29, 0.717) is 0 Å². The minimum absolute atomic E-state index is 0.854. The van der Waals surface area contributed by atoms with Gasteiger partial charge in [-0.25, -0.2) is 9.50 Å². The van der Waals surface area contributed by atoms with Gasteiger partial charge in [-0.15, -0.1) is 0 Å². The first-order chi connectivity index (χ1) is 7.27. The Morgan fingerprint density at radius 1 is 1.47 bits per heavy atom. The third-order valence-electron chi connectivity index (χ3n) is 2.72. The molecule has 2 heterocycles. The fourth-order valence-corrected chi connectivity index (χ4v) is 1.82. The number of fused-ring (bicyclic) bond motifs is 1. The predicted octanol–water partition coefficient (Wildman–Crippen LogP) is 1.50. The van der Waals surface area contributed by atoms with Crippen LogP contribution in [0.3, 0.4) is 0 Å². The maximum absolute atomic E-state index is 6.10. The molecule has 1 saturated carbocycles. The molecule has 3 rings (SSSR count). The number of hydrogen-bond acceptors (Lipinski definition) is 3. The summed E-state index contributed by atoms with van der Waals surface area (Å²) >= 11 is 0. The highest BCUT2D eigenvalue weighted by Crippen LogP contribution is 2.35. The van der Waals surface area contributed by atoms with Crippen molar-refractivity contribution < 1.29 is 0 Å². The van der Waals surface area contributed by atoms with Crippen LogP contribution >= 0.6 is 0 Å². The van der Waals surface area contributed by atoms with Crippen molar-refractivity contribution >= 4 is 11.3 Å². The third-order valence-corrected chi connectivity index (χ3v) is 2.72. The average Bonchev–Trinajstić information content (AvgIpc) is 3.00. The summed E-state index contributed by atoms with van der Waals surface area (Å²) in [4.78, 5) is 4.32. The van der Waals surface area contributed by atoms with Gasteiger partial charge < -0.3 is 5.73 Å². The van der Waals surface area contributed by atoms with E-state index in [1.807, 2.05) is 19.2 Å². The Morgan fingerprint density at radius 3 is 3.00 bits per heavy atom. The smallest absolute Gasteiger partial charge is 0.164 e. The van der Waals surface area contributed by atoms with Crippen LogP contribution in [0.4, 0.5) is 0 Å². The molecule has 4 nitrogen and oxygen atoms in total. The van der Waals surface area contributed by atoms with Crippen LogP contribution in [0.2, 0.25) is 0 Å². The second kappa shape index (κ2) is 2.82. The highest BCUT2D eigenvalue weighted by Gasteiger charge is 2.21. The zero-order chi connectivity index (χ0) is 10.4. The molecule has 2 aromatic rings. The van der Waals surface area contributed by atoms with Crippen LogP contribution in [-0.2, 0) is 0 Å². The van der Waals surface area contributed by atoms with Crippen molar-refractivity contribution in [3.05, 3.63) is 35.3 Å². The van der Waals surface area contributed by atoms with Crippen molar-refractivity contribution in [1.82, 2.24) is 14.6 Å². The van der Waals surface area contributed by atoms with Gasteiger partial charge in [0.1, 0.15) is 0 Å². The van der Waals surface area contributed by atoms with Crippen LogP contribution in [0, 0.1) is 6.92 Å². The van der Waals surface area contributed by atoms with Crippen LogP contribution in [0.1, 0.15) is 24.1 Å². The first kappa shape index (κ1) is 8.47. The fraction of sp³-hybridized carbons (Fsp3) is 0.273. The summed E-state index contributed by atoms with van der Waals surface area (Å²) in [5.41, 5.74) is 11.1. The van der Waals surface area contributed by atoms with Gasteiger partial charge in [-0.3, -0.25) is 0 Å². The first-order valence-corrected chi connectivity index (χ1v) is 5.05. The maximum Gasteiger partial charge on any atom is 0.164 e. The van der Waals surface area contributed by atoms with Crippen LogP contribution < -0.4 is 5.73 Å². The normalized spacial score (nSPS) is 14.6. The lowest BCUT2D eigenvalue weighted by molar-refractivity contribution is 0.917. The van der Waals surface area contributed by atoms with Gasteiger partial charge in [-0.05, 0) is 31.4 Å². The van der Waals surface area contributed by atoms with Crippen molar-refractivity contribution in [3.8, 4) is 0 Å². The minimum atomic E-state index is 0.854. The molecule has 0 saturated heterocycles. The largest absolute Gasteiger partial charge is 0.398 e. The average molecular weight is 200 g/mol. The van der Waals surface area contributed by atoms with Gasteiger partial charge in [-0.2, -0.15) is 5.10 Å². The monoisotopic (exact) mass is 200 g/mol. The summed E-state index contributed by atoms with van der Waals surface area (Å²) < 4.78 is 1.78. The number of hydrogen-bond donors (Lipinski definition) is 1. The van der Waals surface area contributed by atoms with Gasteiger partial charge in [0.05, 0.1) is 11.3 Å². The molecule has 2 N–H and O–H groups in total. The van der Waals surface area contributed by atoms with E-state index in [2.05, 4.69) is 10.1 Å². The lowest BCUT2D eigenvalue weighted by Crippen LogP contribution is -1.98. The molecular weight excluding hydrogens is 188 g/mol.